The third-order valence-electron chi connectivity index (χ3n) is 2.02. The summed E-state index contributed by atoms with van der Waals surface area (Å²) in [5.74, 6) is 0.239. The van der Waals surface area contributed by atoms with Crippen LogP contribution < -0.4 is 5.73 Å². The molecule has 1 rings (SSSR count). The van der Waals surface area contributed by atoms with Crippen molar-refractivity contribution < 1.29 is 4.79 Å². The zero-order valence-electron chi connectivity index (χ0n) is 7.92. The molecule has 0 fully saturated rings. The van der Waals surface area contributed by atoms with Crippen LogP contribution in [0.25, 0.3) is 0 Å². The summed E-state index contributed by atoms with van der Waals surface area (Å²) in [5, 5.41) is 0. The summed E-state index contributed by atoms with van der Waals surface area (Å²) in [7, 11) is 0. The number of ketones is 1. The van der Waals surface area contributed by atoms with E-state index < -0.39 is 0 Å². The van der Waals surface area contributed by atoms with Crippen LogP contribution in [-0.4, -0.2) is 5.78 Å². The quantitative estimate of drug-likeness (QED) is 0.760. The van der Waals surface area contributed by atoms with Crippen LogP contribution >= 0.6 is 0 Å². The van der Waals surface area contributed by atoms with Crippen LogP contribution in [0.5, 0.6) is 0 Å². The predicted octanol–water partition coefficient (Wildman–Crippen LogP) is 1.67. The van der Waals surface area contributed by atoms with Gasteiger partial charge in [-0.15, -0.1) is 0 Å². The molecule has 0 bridgehead atoms. The molecule has 0 saturated carbocycles. The number of hydrogen-bond donors (Lipinski definition) is 1. The highest BCUT2D eigenvalue weighted by molar-refractivity contribution is 5.75. The summed E-state index contributed by atoms with van der Waals surface area (Å²) in [6.07, 6.45) is 1.46. The molecular formula is C11H15NO. The van der Waals surface area contributed by atoms with Gasteiger partial charge in [0, 0.05) is 13.0 Å². The van der Waals surface area contributed by atoms with Crippen molar-refractivity contribution in [2.45, 2.75) is 26.3 Å². The summed E-state index contributed by atoms with van der Waals surface area (Å²) in [6, 6.07) is 8.08. The summed E-state index contributed by atoms with van der Waals surface area (Å²) in [4.78, 5) is 10.7. The van der Waals surface area contributed by atoms with E-state index in [4.69, 9.17) is 5.73 Å². The Kier molecular flexibility index (Phi) is 3.65. The van der Waals surface area contributed by atoms with Gasteiger partial charge in [0.15, 0.2) is 0 Å². The molecule has 13 heavy (non-hydrogen) atoms. The fourth-order valence-electron chi connectivity index (χ4n) is 1.16. The molecule has 0 atom stereocenters. The molecule has 0 saturated heterocycles. The van der Waals surface area contributed by atoms with E-state index in [2.05, 4.69) is 0 Å². The molecule has 0 heterocycles. The summed E-state index contributed by atoms with van der Waals surface area (Å²) in [6.45, 7) is 2.20. The molecule has 0 amide bonds. The maximum Gasteiger partial charge on any atom is 0.130 e. The maximum atomic E-state index is 10.7. The number of rotatable bonds is 4. The predicted molar refractivity (Wildman–Crippen MR) is 53.3 cm³/mol. The lowest BCUT2D eigenvalue weighted by molar-refractivity contribution is -0.116. The molecule has 1 aromatic carbocycles. The lowest BCUT2D eigenvalue weighted by Crippen LogP contribution is -1.97. The second kappa shape index (κ2) is 4.77. The number of hydrogen-bond acceptors (Lipinski definition) is 2. The first-order valence-electron chi connectivity index (χ1n) is 4.49. The van der Waals surface area contributed by atoms with Gasteiger partial charge in [0.1, 0.15) is 5.78 Å². The van der Waals surface area contributed by atoms with Gasteiger partial charge in [0.25, 0.3) is 0 Å². The highest BCUT2D eigenvalue weighted by Crippen LogP contribution is 2.06. The third kappa shape index (κ3) is 3.38. The van der Waals surface area contributed by atoms with Crippen LogP contribution in [0.3, 0.4) is 0 Å². The second-order valence-electron chi connectivity index (χ2n) is 3.22. The highest BCUT2D eigenvalue weighted by atomic mass is 16.1. The van der Waals surface area contributed by atoms with Crippen molar-refractivity contribution in [3.8, 4) is 0 Å². The molecule has 0 aliphatic rings. The van der Waals surface area contributed by atoms with Crippen molar-refractivity contribution in [3.63, 3.8) is 0 Å². The molecule has 0 spiro atoms. The first kappa shape index (κ1) is 9.93. The summed E-state index contributed by atoms with van der Waals surface area (Å²) in [5.41, 5.74) is 7.80. The zero-order valence-corrected chi connectivity index (χ0v) is 7.92. The first-order chi connectivity index (χ1) is 6.22. The standard InChI is InChI=1S/C11H15NO/c1-9(13)2-3-10-4-6-11(8-12)7-5-10/h4-7H,2-3,8,12H2,1H3. The molecule has 0 aliphatic carbocycles. The maximum absolute atomic E-state index is 10.7. The molecule has 1 aromatic rings. The van der Waals surface area contributed by atoms with Crippen LogP contribution in [0.4, 0.5) is 0 Å². The van der Waals surface area contributed by atoms with Crippen LogP contribution in [0.2, 0.25) is 0 Å². The Bertz CT molecular complexity index is 277. The van der Waals surface area contributed by atoms with Gasteiger partial charge in [-0.1, -0.05) is 24.3 Å². The van der Waals surface area contributed by atoms with Crippen molar-refractivity contribution in [2.75, 3.05) is 0 Å². The zero-order chi connectivity index (χ0) is 9.68. The SMILES string of the molecule is CC(=O)CCc1ccc(CN)cc1. The van der Waals surface area contributed by atoms with Crippen molar-refractivity contribution in [1.29, 1.82) is 0 Å². The molecule has 2 nitrogen and oxygen atoms in total. The van der Waals surface area contributed by atoms with Crippen molar-refractivity contribution in [2.24, 2.45) is 5.73 Å². The molecule has 2 N–H and O–H groups in total. The molecule has 0 aromatic heterocycles. The minimum Gasteiger partial charge on any atom is -0.326 e. The van der Waals surface area contributed by atoms with Gasteiger partial charge in [-0.05, 0) is 24.5 Å². The molecule has 70 valence electrons. The van der Waals surface area contributed by atoms with E-state index in [0.717, 1.165) is 12.0 Å². The lowest BCUT2D eigenvalue weighted by atomic mass is 10.1. The Morgan fingerprint density at radius 3 is 2.23 bits per heavy atom. The average Bonchev–Trinajstić information content (AvgIpc) is 2.15. The van der Waals surface area contributed by atoms with E-state index in [1.165, 1.54) is 5.56 Å². The van der Waals surface area contributed by atoms with Gasteiger partial charge < -0.3 is 10.5 Å². The Morgan fingerprint density at radius 2 is 1.77 bits per heavy atom. The van der Waals surface area contributed by atoms with Gasteiger partial charge in [-0.2, -0.15) is 0 Å². The van der Waals surface area contributed by atoms with Gasteiger partial charge in [0.05, 0.1) is 0 Å². The Balaban J connectivity index is 2.54. The van der Waals surface area contributed by atoms with E-state index in [0.29, 0.717) is 13.0 Å². The molecule has 0 aliphatic heterocycles. The Morgan fingerprint density at radius 1 is 1.23 bits per heavy atom. The molecule has 0 radical (unpaired) electrons. The number of nitrogens with two attached hydrogens (primary N) is 1. The monoisotopic (exact) mass is 177 g/mol. The number of carbonyl (C=O) groups is 1. The van der Waals surface area contributed by atoms with Crippen LogP contribution in [0.15, 0.2) is 24.3 Å². The van der Waals surface area contributed by atoms with Gasteiger partial charge >= 0.3 is 0 Å². The number of aryl methyl sites for hydroxylation is 1. The minimum atomic E-state index is 0.239. The fourth-order valence-corrected chi connectivity index (χ4v) is 1.16. The molecule has 2 heteroatoms. The topological polar surface area (TPSA) is 43.1 Å². The van der Waals surface area contributed by atoms with Crippen molar-refractivity contribution >= 4 is 5.78 Å². The van der Waals surface area contributed by atoms with E-state index in [1.54, 1.807) is 6.92 Å². The lowest BCUT2D eigenvalue weighted by Gasteiger charge is -2.00. The molecule has 0 unspecified atom stereocenters. The van der Waals surface area contributed by atoms with E-state index >= 15 is 0 Å². The first-order valence-corrected chi connectivity index (χ1v) is 4.49. The number of carbonyl (C=O) groups excluding carboxylic acids is 1. The number of benzene rings is 1. The summed E-state index contributed by atoms with van der Waals surface area (Å²) < 4.78 is 0. The van der Waals surface area contributed by atoms with Crippen molar-refractivity contribution in [3.05, 3.63) is 35.4 Å². The average molecular weight is 177 g/mol. The minimum absolute atomic E-state index is 0.239. The van der Waals surface area contributed by atoms with Gasteiger partial charge in [-0.3, -0.25) is 0 Å². The van der Waals surface area contributed by atoms with Gasteiger partial charge in [0.2, 0.25) is 0 Å². The fraction of sp³-hybridized carbons (Fsp3) is 0.364. The largest absolute Gasteiger partial charge is 0.326 e. The van der Waals surface area contributed by atoms with E-state index in [1.807, 2.05) is 24.3 Å². The van der Waals surface area contributed by atoms with Crippen LogP contribution in [0.1, 0.15) is 24.5 Å². The molecular weight excluding hydrogens is 162 g/mol. The van der Waals surface area contributed by atoms with Crippen molar-refractivity contribution in [1.82, 2.24) is 0 Å². The Hall–Kier alpha value is -1.15. The van der Waals surface area contributed by atoms with Crippen LogP contribution in [-0.2, 0) is 17.8 Å². The van der Waals surface area contributed by atoms with Gasteiger partial charge in [-0.25, -0.2) is 0 Å². The van der Waals surface area contributed by atoms with E-state index in [-0.39, 0.29) is 5.78 Å². The smallest absolute Gasteiger partial charge is 0.130 e. The number of Topliss-reactive ketones (excluding diaryl/α,β-unsaturated/α-hetero) is 1. The highest BCUT2D eigenvalue weighted by Gasteiger charge is 1.96. The third-order valence-corrected chi connectivity index (χ3v) is 2.02. The second-order valence-corrected chi connectivity index (χ2v) is 3.22. The summed E-state index contributed by atoms with van der Waals surface area (Å²) >= 11 is 0. The van der Waals surface area contributed by atoms with E-state index in [9.17, 15) is 4.79 Å². The van der Waals surface area contributed by atoms with Crippen LogP contribution in [0, 0.1) is 0 Å². The normalized spacial score (nSPS) is 10.0. The Labute approximate surface area is 78.8 Å².